The number of para-hydroxylation sites is 6. The number of hydrogen-bond acceptors (Lipinski definition) is 8. The van der Waals surface area contributed by atoms with Crippen molar-refractivity contribution in [2.75, 3.05) is 0 Å². The molecule has 0 aliphatic heterocycles. The quantitative estimate of drug-likeness (QED) is 0.147. The monoisotopic (exact) mass is 1180 g/mol. The summed E-state index contributed by atoms with van der Waals surface area (Å²) in [5, 5.41) is 6.26. The van der Waals surface area contributed by atoms with Gasteiger partial charge in [0.15, 0.2) is 34.9 Å². The fourth-order valence-electron chi connectivity index (χ4n) is 13.8. The molecule has 19 aromatic rings. The van der Waals surface area contributed by atoms with Crippen molar-refractivity contribution in [3.05, 3.63) is 291 Å². The molecule has 0 atom stereocenters. The molecule has 0 bridgehead atoms. The number of hydrogen-bond donors (Lipinski definition) is 0. The standard InChI is InChI=1S/C80H48N12/c1-5-23-49(24-6-1)73-83-74(50-25-7-2-8-26-50)86-77(85-73)53-31-21-33-55(47-53)89-61-39-17-13-35-57(61)69-65(89)43-45-67-71(69)79-81-59-37-15-20-42-64(59)92(79)68-46-44-66-70(72(68)80-82-60-38-16-19-41-63(60)91(67)80)58-36-14-18-40-62(58)90(66)56-34-22-32-54(48-56)78-87-75(51-27-9-3-10-28-51)84-76(88-78)52-29-11-4-12-30-52/h1-48H. The summed E-state index contributed by atoms with van der Waals surface area (Å²) in [6.45, 7) is 0. The molecule has 7 aromatic heterocycles. The second-order valence-corrected chi connectivity index (χ2v) is 23.1. The van der Waals surface area contributed by atoms with Crippen LogP contribution in [0.25, 0.3) is 178 Å². The zero-order chi connectivity index (χ0) is 60.4. The van der Waals surface area contributed by atoms with Gasteiger partial charge in [0.1, 0.15) is 11.3 Å². The summed E-state index contributed by atoms with van der Waals surface area (Å²) in [5.41, 5.74) is 18.7. The van der Waals surface area contributed by atoms with E-state index in [4.69, 9.17) is 39.9 Å². The van der Waals surface area contributed by atoms with Crippen molar-refractivity contribution in [2.24, 2.45) is 0 Å². The molecule has 0 unspecified atom stereocenters. The minimum atomic E-state index is 0.581. The van der Waals surface area contributed by atoms with Crippen LogP contribution in [0.15, 0.2) is 291 Å². The lowest BCUT2D eigenvalue weighted by atomic mass is 10.1. The van der Waals surface area contributed by atoms with E-state index >= 15 is 0 Å². The predicted molar refractivity (Wildman–Crippen MR) is 371 cm³/mol. The predicted octanol–water partition coefficient (Wildman–Crippen LogP) is 18.7. The van der Waals surface area contributed by atoms with Crippen LogP contribution in [-0.4, -0.2) is 57.8 Å². The van der Waals surface area contributed by atoms with Crippen LogP contribution in [0.1, 0.15) is 0 Å². The van der Waals surface area contributed by atoms with Crippen molar-refractivity contribution in [3.63, 3.8) is 0 Å². The van der Waals surface area contributed by atoms with Crippen LogP contribution in [-0.2, 0) is 0 Å². The van der Waals surface area contributed by atoms with E-state index in [0.717, 1.165) is 144 Å². The van der Waals surface area contributed by atoms with Crippen LogP contribution >= 0.6 is 0 Å². The highest BCUT2D eigenvalue weighted by atomic mass is 15.1. The molecule has 428 valence electrons. The van der Waals surface area contributed by atoms with E-state index in [1.807, 2.05) is 121 Å². The summed E-state index contributed by atoms with van der Waals surface area (Å²) in [6.07, 6.45) is 0. The second kappa shape index (κ2) is 20.4. The highest BCUT2D eigenvalue weighted by Crippen LogP contribution is 2.45. The molecule has 12 heteroatoms. The maximum Gasteiger partial charge on any atom is 0.164 e. The summed E-state index contributed by atoms with van der Waals surface area (Å²) in [6, 6.07) is 101. The molecule has 7 heterocycles. The van der Waals surface area contributed by atoms with Gasteiger partial charge >= 0.3 is 0 Å². The molecular formula is C80H48N12. The van der Waals surface area contributed by atoms with Gasteiger partial charge < -0.3 is 9.13 Å². The zero-order valence-corrected chi connectivity index (χ0v) is 49.1. The lowest BCUT2D eigenvalue weighted by molar-refractivity contribution is 1.07. The van der Waals surface area contributed by atoms with Crippen LogP contribution in [0, 0.1) is 0 Å². The fourth-order valence-corrected chi connectivity index (χ4v) is 13.8. The molecule has 12 nitrogen and oxygen atoms in total. The average Bonchev–Trinajstić information content (AvgIpc) is 1.51. The van der Waals surface area contributed by atoms with Crippen LogP contribution in [0.3, 0.4) is 0 Å². The molecule has 0 fully saturated rings. The van der Waals surface area contributed by atoms with Crippen molar-refractivity contribution in [1.82, 2.24) is 57.8 Å². The third-order valence-electron chi connectivity index (χ3n) is 17.8. The number of imidazole rings is 2. The maximum absolute atomic E-state index is 5.75. The molecule has 0 saturated carbocycles. The van der Waals surface area contributed by atoms with Gasteiger partial charge in [-0.2, -0.15) is 0 Å². The van der Waals surface area contributed by atoms with Crippen molar-refractivity contribution < 1.29 is 0 Å². The molecule has 0 saturated heterocycles. The number of rotatable bonds is 8. The Kier molecular flexibility index (Phi) is 11.4. The number of nitrogens with zero attached hydrogens (tertiary/aromatic N) is 12. The third kappa shape index (κ3) is 7.97. The van der Waals surface area contributed by atoms with Gasteiger partial charge in [0.25, 0.3) is 0 Å². The smallest absolute Gasteiger partial charge is 0.164 e. The number of benzene rings is 12. The SMILES string of the molecule is c1ccc(-c2nc(-c3ccccc3)nc(-c3cccc(-n4c5ccccc5c5c6c(ccc54)n4c5ccccc5nc4c4c5c7ccccc7n(-c7cccc(-c8nc(-c9ccccc9)nc(-c9ccccc9)n8)c7)c5ccc4n4c5ccccc5nc64)c3)n2)cc1. The minimum absolute atomic E-state index is 0.581. The Balaban J connectivity index is 0.886. The first-order chi connectivity index (χ1) is 45.6. The lowest BCUT2D eigenvalue weighted by Gasteiger charge is -2.13. The summed E-state index contributed by atoms with van der Waals surface area (Å²) in [4.78, 5) is 42.2. The first kappa shape index (κ1) is 51.3. The normalized spacial score (nSPS) is 11.9. The van der Waals surface area contributed by atoms with Crippen molar-refractivity contribution in [2.45, 2.75) is 0 Å². The molecule has 0 aliphatic carbocycles. The van der Waals surface area contributed by atoms with Crippen LogP contribution < -0.4 is 0 Å². The second-order valence-electron chi connectivity index (χ2n) is 23.1. The molecule has 92 heavy (non-hydrogen) atoms. The summed E-state index contributed by atoms with van der Waals surface area (Å²) >= 11 is 0. The molecule has 0 radical (unpaired) electrons. The first-order valence-corrected chi connectivity index (χ1v) is 30.7. The largest absolute Gasteiger partial charge is 0.309 e. The highest BCUT2D eigenvalue weighted by molar-refractivity contribution is 6.29. The molecule has 19 rings (SSSR count). The Bertz CT molecular complexity index is 5750. The molecule has 0 N–H and O–H groups in total. The van der Waals surface area contributed by atoms with E-state index in [1.165, 1.54) is 0 Å². The van der Waals surface area contributed by atoms with Crippen molar-refractivity contribution in [1.29, 1.82) is 0 Å². The van der Waals surface area contributed by atoms with E-state index in [2.05, 4.69) is 188 Å². The van der Waals surface area contributed by atoms with Crippen LogP contribution in [0.4, 0.5) is 0 Å². The third-order valence-corrected chi connectivity index (χ3v) is 17.8. The van der Waals surface area contributed by atoms with E-state index in [0.29, 0.717) is 34.9 Å². The molecule has 12 aromatic carbocycles. The van der Waals surface area contributed by atoms with Gasteiger partial charge in [0.05, 0.1) is 65.9 Å². The van der Waals surface area contributed by atoms with Gasteiger partial charge in [-0.05, 0) is 84.9 Å². The van der Waals surface area contributed by atoms with Crippen molar-refractivity contribution >= 4 is 98.8 Å². The first-order valence-electron chi connectivity index (χ1n) is 30.7. The van der Waals surface area contributed by atoms with Gasteiger partial charge in [-0.15, -0.1) is 0 Å². The molecule has 0 aliphatic rings. The Morgan fingerprint density at radius 2 is 0.489 bits per heavy atom. The van der Waals surface area contributed by atoms with E-state index < -0.39 is 0 Å². The molecular weight excluding hydrogens is 1130 g/mol. The number of aromatic nitrogens is 12. The van der Waals surface area contributed by atoms with E-state index in [1.54, 1.807) is 0 Å². The van der Waals surface area contributed by atoms with Gasteiger partial charge in [-0.1, -0.05) is 206 Å². The molecule has 0 spiro atoms. The van der Waals surface area contributed by atoms with Gasteiger partial charge in [0, 0.05) is 66.3 Å². The van der Waals surface area contributed by atoms with E-state index in [-0.39, 0.29) is 0 Å². The summed E-state index contributed by atoms with van der Waals surface area (Å²) < 4.78 is 9.51. The van der Waals surface area contributed by atoms with Crippen LogP contribution in [0.5, 0.6) is 0 Å². The van der Waals surface area contributed by atoms with Crippen molar-refractivity contribution in [3.8, 4) is 79.7 Å². The Morgan fingerprint density at radius 3 is 0.859 bits per heavy atom. The Labute approximate surface area is 524 Å². The molecule has 0 amide bonds. The summed E-state index contributed by atoms with van der Waals surface area (Å²) in [7, 11) is 0. The minimum Gasteiger partial charge on any atom is -0.309 e. The average molecular weight is 1180 g/mol. The zero-order valence-electron chi connectivity index (χ0n) is 49.1. The topological polar surface area (TPSA) is 122 Å². The Hall–Kier alpha value is -12.8. The van der Waals surface area contributed by atoms with Gasteiger partial charge in [-0.3, -0.25) is 8.80 Å². The lowest BCUT2D eigenvalue weighted by Crippen LogP contribution is -2.01. The van der Waals surface area contributed by atoms with Gasteiger partial charge in [0.2, 0.25) is 0 Å². The van der Waals surface area contributed by atoms with Crippen LogP contribution in [0.2, 0.25) is 0 Å². The van der Waals surface area contributed by atoms with E-state index in [9.17, 15) is 0 Å². The fraction of sp³-hybridized carbons (Fsp3) is 0. The summed E-state index contributed by atoms with van der Waals surface area (Å²) in [5.74, 6) is 3.59. The number of fused-ring (bicyclic) bond motifs is 20. The highest BCUT2D eigenvalue weighted by Gasteiger charge is 2.26. The Morgan fingerprint density at radius 1 is 0.196 bits per heavy atom. The maximum atomic E-state index is 5.75. The van der Waals surface area contributed by atoms with Gasteiger partial charge in [-0.25, -0.2) is 39.9 Å².